The molecule has 0 radical (unpaired) electrons. The highest BCUT2D eigenvalue weighted by Crippen LogP contribution is 2.25. The minimum absolute atomic E-state index is 0.0539. The van der Waals surface area contributed by atoms with E-state index in [9.17, 15) is 9.59 Å². The van der Waals surface area contributed by atoms with Gasteiger partial charge in [0.25, 0.3) is 5.91 Å². The van der Waals surface area contributed by atoms with Gasteiger partial charge in [-0.15, -0.1) is 0 Å². The van der Waals surface area contributed by atoms with Crippen LogP contribution in [0.1, 0.15) is 50.5 Å². The molecule has 0 aliphatic rings. The number of amides is 1. The molecule has 0 fully saturated rings. The van der Waals surface area contributed by atoms with Crippen LogP contribution < -0.4 is 10.1 Å². The molecule has 5 nitrogen and oxygen atoms in total. The van der Waals surface area contributed by atoms with Crippen LogP contribution in [0, 0.1) is 0 Å². The molecular weight excluding hydrogens is 342 g/mol. The molecule has 2 rings (SSSR count). The summed E-state index contributed by atoms with van der Waals surface area (Å²) in [7, 11) is 0. The second kappa shape index (κ2) is 8.71. The molecule has 2 aromatic rings. The molecule has 0 bridgehead atoms. The highest BCUT2D eigenvalue weighted by molar-refractivity contribution is 6.02. The molecule has 0 aliphatic heterocycles. The largest absolute Gasteiger partial charge is 0.481 e. The van der Waals surface area contributed by atoms with E-state index in [4.69, 9.17) is 9.47 Å². The second-order valence-corrected chi connectivity index (χ2v) is 7.29. The van der Waals surface area contributed by atoms with Gasteiger partial charge in [0.1, 0.15) is 5.75 Å². The van der Waals surface area contributed by atoms with E-state index in [1.54, 1.807) is 38.1 Å². The van der Waals surface area contributed by atoms with Crippen LogP contribution in [-0.2, 0) is 14.9 Å². The number of nitrogens with one attached hydrogen (secondary N) is 1. The van der Waals surface area contributed by atoms with Crippen LogP contribution in [0.3, 0.4) is 0 Å². The van der Waals surface area contributed by atoms with Gasteiger partial charge in [-0.25, -0.2) is 4.79 Å². The highest BCUT2D eigenvalue weighted by atomic mass is 16.5. The maximum absolute atomic E-state index is 12.5. The van der Waals surface area contributed by atoms with Crippen molar-refractivity contribution < 1.29 is 19.1 Å². The number of benzene rings is 2. The van der Waals surface area contributed by atoms with E-state index >= 15 is 0 Å². The van der Waals surface area contributed by atoms with Crippen molar-refractivity contribution in [2.45, 2.75) is 46.1 Å². The lowest BCUT2D eigenvalue weighted by Crippen LogP contribution is -2.30. The summed E-state index contributed by atoms with van der Waals surface area (Å²) in [6.45, 7) is 10.1. The van der Waals surface area contributed by atoms with Gasteiger partial charge in [0, 0.05) is 0 Å². The number of carbonyl (C=O) groups is 2. The van der Waals surface area contributed by atoms with Crippen LogP contribution in [-0.4, -0.2) is 24.6 Å². The molecule has 1 amide bonds. The lowest BCUT2D eigenvalue weighted by atomic mass is 9.87. The van der Waals surface area contributed by atoms with Crippen molar-refractivity contribution in [1.82, 2.24) is 0 Å². The summed E-state index contributed by atoms with van der Waals surface area (Å²) < 4.78 is 10.8. The van der Waals surface area contributed by atoms with E-state index in [0.29, 0.717) is 17.0 Å². The van der Waals surface area contributed by atoms with Crippen molar-refractivity contribution in [3.63, 3.8) is 0 Å². The molecule has 0 saturated heterocycles. The van der Waals surface area contributed by atoms with Crippen LogP contribution in [0.4, 0.5) is 5.69 Å². The van der Waals surface area contributed by atoms with E-state index in [2.05, 4.69) is 26.1 Å². The first-order valence-corrected chi connectivity index (χ1v) is 9.06. The fourth-order valence-electron chi connectivity index (χ4n) is 2.50. The number of ether oxygens (including phenoxy) is 2. The van der Waals surface area contributed by atoms with Gasteiger partial charge >= 0.3 is 5.97 Å². The van der Waals surface area contributed by atoms with Crippen LogP contribution in [0.5, 0.6) is 5.75 Å². The van der Waals surface area contributed by atoms with Gasteiger partial charge in [0.2, 0.25) is 0 Å². The molecule has 5 heteroatoms. The summed E-state index contributed by atoms with van der Waals surface area (Å²) in [5.74, 6) is -0.198. The second-order valence-electron chi connectivity index (χ2n) is 7.29. The Morgan fingerprint density at radius 3 is 2.26 bits per heavy atom. The fraction of sp³-hybridized carbons (Fsp3) is 0.364. The number of hydrogen-bond acceptors (Lipinski definition) is 4. The number of rotatable bonds is 6. The maximum atomic E-state index is 12.5. The highest BCUT2D eigenvalue weighted by Gasteiger charge is 2.19. The zero-order valence-corrected chi connectivity index (χ0v) is 16.5. The monoisotopic (exact) mass is 369 g/mol. The Labute approximate surface area is 160 Å². The third kappa shape index (κ3) is 5.58. The lowest BCUT2D eigenvalue weighted by molar-refractivity contribution is -0.122. The first-order valence-electron chi connectivity index (χ1n) is 9.06. The van der Waals surface area contributed by atoms with Gasteiger partial charge in [-0.3, -0.25) is 4.79 Å². The fourth-order valence-corrected chi connectivity index (χ4v) is 2.50. The van der Waals surface area contributed by atoms with Gasteiger partial charge in [-0.2, -0.15) is 0 Å². The van der Waals surface area contributed by atoms with E-state index in [0.717, 1.165) is 0 Å². The molecule has 0 saturated carbocycles. The predicted molar refractivity (Wildman–Crippen MR) is 106 cm³/mol. The molecule has 0 spiro atoms. The average Bonchev–Trinajstić information content (AvgIpc) is 2.62. The minimum atomic E-state index is -0.722. The van der Waals surface area contributed by atoms with Crippen molar-refractivity contribution in [3.05, 3.63) is 59.7 Å². The maximum Gasteiger partial charge on any atom is 0.340 e. The van der Waals surface area contributed by atoms with E-state index in [1.165, 1.54) is 5.56 Å². The number of carbonyl (C=O) groups excluding carboxylic acids is 2. The Hall–Kier alpha value is -2.82. The quantitative estimate of drug-likeness (QED) is 0.758. The SMILES string of the molecule is CCOC(=O)c1ccccc1NC(=O)[C@H](C)Oc1ccc(C(C)(C)C)cc1. The van der Waals surface area contributed by atoms with Crippen molar-refractivity contribution in [3.8, 4) is 5.75 Å². The standard InChI is InChI=1S/C22H27NO4/c1-6-26-21(25)18-9-7-8-10-19(18)23-20(24)15(2)27-17-13-11-16(12-14-17)22(3,4)5/h7-15H,6H2,1-5H3,(H,23,24)/t15-/m0/s1. The summed E-state index contributed by atoms with van der Waals surface area (Å²) >= 11 is 0. The Balaban J connectivity index is 2.05. The van der Waals surface area contributed by atoms with Crippen molar-refractivity contribution >= 4 is 17.6 Å². The van der Waals surface area contributed by atoms with Gasteiger partial charge < -0.3 is 14.8 Å². The third-order valence-electron chi connectivity index (χ3n) is 4.08. The molecule has 0 aliphatic carbocycles. The first kappa shape index (κ1) is 20.5. The summed E-state index contributed by atoms with van der Waals surface area (Å²) in [5, 5.41) is 2.74. The smallest absolute Gasteiger partial charge is 0.340 e. The Morgan fingerprint density at radius 2 is 1.67 bits per heavy atom. The predicted octanol–water partition coefficient (Wildman–Crippen LogP) is 4.57. The Kier molecular flexibility index (Phi) is 6.61. The van der Waals surface area contributed by atoms with Crippen LogP contribution >= 0.6 is 0 Å². The molecule has 0 aromatic heterocycles. The van der Waals surface area contributed by atoms with Crippen molar-refractivity contribution in [2.75, 3.05) is 11.9 Å². The molecule has 1 atom stereocenters. The van der Waals surface area contributed by atoms with Crippen LogP contribution in [0.2, 0.25) is 0 Å². The molecule has 144 valence electrons. The third-order valence-corrected chi connectivity index (χ3v) is 4.08. The minimum Gasteiger partial charge on any atom is -0.481 e. The first-order chi connectivity index (χ1) is 12.7. The Morgan fingerprint density at radius 1 is 1.04 bits per heavy atom. The molecule has 0 heterocycles. The molecule has 1 N–H and O–H groups in total. The number of para-hydroxylation sites is 1. The molecule has 0 unspecified atom stereocenters. The topological polar surface area (TPSA) is 64.6 Å². The van der Waals surface area contributed by atoms with E-state index in [1.807, 2.05) is 24.3 Å². The van der Waals surface area contributed by atoms with Crippen molar-refractivity contribution in [1.29, 1.82) is 0 Å². The van der Waals surface area contributed by atoms with Crippen LogP contribution in [0.25, 0.3) is 0 Å². The zero-order valence-electron chi connectivity index (χ0n) is 16.5. The molecule has 2 aromatic carbocycles. The zero-order chi connectivity index (χ0) is 20.0. The summed E-state index contributed by atoms with van der Waals surface area (Å²) in [4.78, 5) is 24.5. The van der Waals surface area contributed by atoms with Crippen LogP contribution in [0.15, 0.2) is 48.5 Å². The number of anilines is 1. The van der Waals surface area contributed by atoms with Gasteiger partial charge in [-0.05, 0) is 49.1 Å². The molecular formula is C22H27NO4. The molecule has 27 heavy (non-hydrogen) atoms. The Bertz CT molecular complexity index is 791. The van der Waals surface area contributed by atoms with E-state index in [-0.39, 0.29) is 17.9 Å². The lowest BCUT2D eigenvalue weighted by Gasteiger charge is -2.20. The van der Waals surface area contributed by atoms with Crippen molar-refractivity contribution in [2.24, 2.45) is 0 Å². The summed E-state index contributed by atoms with van der Waals surface area (Å²) in [5.41, 5.74) is 1.96. The van der Waals surface area contributed by atoms with E-state index < -0.39 is 12.1 Å². The number of esters is 1. The average molecular weight is 369 g/mol. The summed E-state index contributed by atoms with van der Waals surface area (Å²) in [6.07, 6.45) is -0.722. The normalized spacial score (nSPS) is 12.2. The summed E-state index contributed by atoms with van der Waals surface area (Å²) in [6, 6.07) is 14.5. The van der Waals surface area contributed by atoms with Gasteiger partial charge in [0.15, 0.2) is 6.10 Å². The number of hydrogen-bond donors (Lipinski definition) is 1. The van der Waals surface area contributed by atoms with Gasteiger partial charge in [-0.1, -0.05) is 45.0 Å². The van der Waals surface area contributed by atoms with Gasteiger partial charge in [0.05, 0.1) is 17.9 Å².